The van der Waals surface area contributed by atoms with Crippen LogP contribution >= 0.6 is 0 Å². The van der Waals surface area contributed by atoms with E-state index in [1.54, 1.807) is 0 Å². The van der Waals surface area contributed by atoms with Gasteiger partial charge in [0.2, 0.25) is 0 Å². The van der Waals surface area contributed by atoms with Gasteiger partial charge in [-0.1, -0.05) is 0 Å². The molecule has 0 radical (unpaired) electrons. The van der Waals surface area contributed by atoms with Crippen LogP contribution in [0.5, 0.6) is 0 Å². The van der Waals surface area contributed by atoms with Crippen molar-refractivity contribution in [1.29, 1.82) is 0 Å². The lowest BCUT2D eigenvalue weighted by atomic mass is 10.2. The molecular weight excluding hydrogens is 118 g/mol. The molecule has 2 rings (SSSR count). The standard InChI is InChI=1S/C6H11NO2/c8-5-1-4-2-7-3-6(5)9-4/h4-8H,1-3H2/t4-,5+,6-/m1/s1. The Morgan fingerprint density at radius 2 is 2.33 bits per heavy atom. The SMILES string of the molecule is O[C@H]1C[C@@H]2CNC[C@H]1O2. The Bertz CT molecular complexity index is 116. The molecular formula is C6H11NO2. The van der Waals surface area contributed by atoms with E-state index in [4.69, 9.17) is 4.74 Å². The molecule has 3 atom stereocenters. The van der Waals surface area contributed by atoms with Gasteiger partial charge in [-0.25, -0.2) is 0 Å². The maximum atomic E-state index is 9.23. The second kappa shape index (κ2) is 1.94. The van der Waals surface area contributed by atoms with Crippen LogP contribution in [0.15, 0.2) is 0 Å². The van der Waals surface area contributed by atoms with Crippen LogP contribution in [-0.2, 0) is 4.74 Å². The largest absolute Gasteiger partial charge is 0.390 e. The third-order valence-electron chi connectivity index (χ3n) is 2.02. The highest BCUT2D eigenvalue weighted by Crippen LogP contribution is 2.22. The summed E-state index contributed by atoms with van der Waals surface area (Å²) >= 11 is 0. The van der Waals surface area contributed by atoms with E-state index in [-0.39, 0.29) is 18.3 Å². The van der Waals surface area contributed by atoms with Crippen molar-refractivity contribution in [3.63, 3.8) is 0 Å². The lowest BCUT2D eigenvalue weighted by Crippen LogP contribution is -2.40. The van der Waals surface area contributed by atoms with Crippen molar-refractivity contribution >= 4 is 0 Å². The number of hydrogen-bond acceptors (Lipinski definition) is 3. The highest BCUT2D eigenvalue weighted by molar-refractivity contribution is 4.88. The Kier molecular flexibility index (Phi) is 1.22. The van der Waals surface area contributed by atoms with E-state index in [1.807, 2.05) is 0 Å². The topological polar surface area (TPSA) is 41.5 Å². The van der Waals surface area contributed by atoms with Crippen molar-refractivity contribution in [2.24, 2.45) is 0 Å². The number of morpholine rings is 1. The fourth-order valence-electron chi connectivity index (χ4n) is 1.52. The van der Waals surface area contributed by atoms with Crippen LogP contribution in [0.4, 0.5) is 0 Å². The number of ether oxygens (including phenoxy) is 1. The molecule has 2 bridgehead atoms. The maximum absolute atomic E-state index is 9.23. The van der Waals surface area contributed by atoms with Gasteiger partial charge in [0.1, 0.15) is 0 Å². The first-order chi connectivity index (χ1) is 4.36. The molecule has 0 aliphatic carbocycles. The molecule has 2 heterocycles. The van der Waals surface area contributed by atoms with E-state index in [9.17, 15) is 5.11 Å². The van der Waals surface area contributed by atoms with Crippen molar-refractivity contribution in [3.05, 3.63) is 0 Å². The molecule has 2 aliphatic heterocycles. The number of hydrogen-bond donors (Lipinski definition) is 2. The smallest absolute Gasteiger partial charge is 0.0963 e. The van der Waals surface area contributed by atoms with Gasteiger partial charge in [0.05, 0.1) is 18.3 Å². The third kappa shape index (κ3) is 0.852. The number of rotatable bonds is 0. The van der Waals surface area contributed by atoms with Gasteiger partial charge >= 0.3 is 0 Å². The number of aliphatic hydroxyl groups is 1. The molecule has 0 unspecified atom stereocenters. The molecule has 0 aromatic heterocycles. The van der Waals surface area contributed by atoms with Crippen molar-refractivity contribution in [3.8, 4) is 0 Å². The Labute approximate surface area is 54.0 Å². The minimum Gasteiger partial charge on any atom is -0.390 e. The van der Waals surface area contributed by atoms with Crippen LogP contribution < -0.4 is 5.32 Å². The minimum atomic E-state index is -0.218. The second-order valence-electron chi connectivity index (χ2n) is 2.76. The predicted octanol–water partition coefficient (Wildman–Crippen LogP) is -0.892. The second-order valence-corrected chi connectivity index (χ2v) is 2.76. The van der Waals surface area contributed by atoms with Gasteiger partial charge in [0.15, 0.2) is 0 Å². The van der Waals surface area contributed by atoms with Crippen molar-refractivity contribution in [2.75, 3.05) is 13.1 Å². The Morgan fingerprint density at radius 3 is 3.00 bits per heavy atom. The monoisotopic (exact) mass is 129 g/mol. The molecule has 2 saturated heterocycles. The number of aliphatic hydroxyl groups excluding tert-OH is 1. The summed E-state index contributed by atoms with van der Waals surface area (Å²) in [5.41, 5.74) is 0. The molecule has 2 fully saturated rings. The van der Waals surface area contributed by atoms with E-state index < -0.39 is 0 Å². The average molecular weight is 129 g/mol. The van der Waals surface area contributed by atoms with Gasteiger partial charge in [0.25, 0.3) is 0 Å². The summed E-state index contributed by atoms with van der Waals surface area (Å²) in [5.74, 6) is 0. The average Bonchev–Trinajstić information content (AvgIpc) is 2.09. The van der Waals surface area contributed by atoms with Crippen molar-refractivity contribution in [1.82, 2.24) is 5.32 Å². The summed E-state index contributed by atoms with van der Waals surface area (Å²) in [6.07, 6.45) is 0.949. The molecule has 52 valence electrons. The molecule has 0 aromatic carbocycles. The van der Waals surface area contributed by atoms with Gasteiger partial charge in [-0.2, -0.15) is 0 Å². The van der Waals surface area contributed by atoms with Crippen LogP contribution in [0.2, 0.25) is 0 Å². The summed E-state index contributed by atoms with van der Waals surface area (Å²) in [7, 11) is 0. The Morgan fingerprint density at radius 1 is 1.44 bits per heavy atom. The highest BCUT2D eigenvalue weighted by atomic mass is 16.5. The molecule has 9 heavy (non-hydrogen) atoms. The summed E-state index contributed by atoms with van der Waals surface area (Å²) < 4.78 is 5.40. The van der Waals surface area contributed by atoms with Crippen LogP contribution in [0, 0.1) is 0 Å². The number of fused-ring (bicyclic) bond motifs is 2. The molecule has 2 aliphatic rings. The molecule has 3 nitrogen and oxygen atoms in total. The quantitative estimate of drug-likeness (QED) is 0.446. The molecule has 0 saturated carbocycles. The number of nitrogens with one attached hydrogen (secondary N) is 1. The predicted molar refractivity (Wildman–Crippen MR) is 32.2 cm³/mol. The summed E-state index contributed by atoms with van der Waals surface area (Å²) in [5, 5.41) is 12.4. The first-order valence-corrected chi connectivity index (χ1v) is 3.40. The van der Waals surface area contributed by atoms with Crippen LogP contribution in [-0.4, -0.2) is 36.5 Å². The van der Waals surface area contributed by atoms with Gasteiger partial charge in [0, 0.05) is 19.5 Å². The van der Waals surface area contributed by atoms with E-state index >= 15 is 0 Å². The van der Waals surface area contributed by atoms with Crippen LogP contribution in [0.25, 0.3) is 0 Å². The van der Waals surface area contributed by atoms with Gasteiger partial charge in [-0.05, 0) is 0 Å². The molecule has 0 aromatic rings. The first kappa shape index (κ1) is 5.65. The van der Waals surface area contributed by atoms with Gasteiger partial charge < -0.3 is 15.2 Å². The molecule has 3 heteroatoms. The van der Waals surface area contributed by atoms with Gasteiger partial charge in [-0.15, -0.1) is 0 Å². The van der Waals surface area contributed by atoms with E-state index in [0.29, 0.717) is 0 Å². The zero-order valence-corrected chi connectivity index (χ0v) is 5.21. The lowest BCUT2D eigenvalue weighted by molar-refractivity contribution is -0.0108. The van der Waals surface area contributed by atoms with Crippen LogP contribution in [0.3, 0.4) is 0 Å². The summed E-state index contributed by atoms with van der Waals surface area (Å²) in [6.45, 7) is 1.73. The van der Waals surface area contributed by atoms with Crippen LogP contribution in [0.1, 0.15) is 6.42 Å². The van der Waals surface area contributed by atoms with E-state index in [1.165, 1.54) is 0 Å². The third-order valence-corrected chi connectivity index (χ3v) is 2.02. The minimum absolute atomic E-state index is 0.0729. The van der Waals surface area contributed by atoms with Crippen molar-refractivity contribution < 1.29 is 9.84 Å². The molecule has 2 N–H and O–H groups in total. The summed E-state index contributed by atoms with van der Waals surface area (Å²) in [6, 6.07) is 0. The fourth-order valence-corrected chi connectivity index (χ4v) is 1.52. The van der Waals surface area contributed by atoms with E-state index in [0.717, 1.165) is 19.5 Å². The fraction of sp³-hybridized carbons (Fsp3) is 1.00. The summed E-state index contributed by atoms with van der Waals surface area (Å²) in [4.78, 5) is 0. The maximum Gasteiger partial charge on any atom is 0.0963 e. The lowest BCUT2D eigenvalue weighted by Gasteiger charge is -2.20. The van der Waals surface area contributed by atoms with E-state index in [2.05, 4.69) is 5.32 Å². The zero-order valence-electron chi connectivity index (χ0n) is 5.21. The Balaban J connectivity index is 2.07. The zero-order chi connectivity index (χ0) is 6.27. The Hall–Kier alpha value is -0.120. The molecule has 0 spiro atoms. The normalized spacial score (nSPS) is 49.7. The molecule has 0 amide bonds. The first-order valence-electron chi connectivity index (χ1n) is 3.40. The highest BCUT2D eigenvalue weighted by Gasteiger charge is 2.36. The van der Waals surface area contributed by atoms with Gasteiger partial charge in [-0.3, -0.25) is 0 Å². The van der Waals surface area contributed by atoms with Crippen molar-refractivity contribution in [2.45, 2.75) is 24.7 Å².